The van der Waals surface area contributed by atoms with Gasteiger partial charge in [0, 0.05) is 25.4 Å². The molecular weight excluding hydrogens is 316 g/mol. The van der Waals surface area contributed by atoms with Crippen LogP contribution in [0.2, 0.25) is 0 Å². The summed E-state index contributed by atoms with van der Waals surface area (Å²) >= 11 is 0. The van der Waals surface area contributed by atoms with Crippen LogP contribution in [0.3, 0.4) is 0 Å². The van der Waals surface area contributed by atoms with Gasteiger partial charge in [0.05, 0.1) is 11.9 Å². The Kier molecular flexibility index (Phi) is 3.72. The van der Waals surface area contributed by atoms with Crippen LogP contribution < -0.4 is 10.2 Å². The van der Waals surface area contributed by atoms with E-state index in [1.165, 1.54) is 0 Å². The lowest BCUT2D eigenvalue weighted by molar-refractivity contribution is -0.118. The van der Waals surface area contributed by atoms with Crippen molar-refractivity contribution < 1.29 is 9.59 Å². The van der Waals surface area contributed by atoms with E-state index in [1.807, 2.05) is 43.4 Å². The second-order valence-corrected chi connectivity index (χ2v) is 6.24. The molecule has 2 amide bonds. The maximum atomic E-state index is 12.6. The highest BCUT2D eigenvalue weighted by atomic mass is 16.2. The molecule has 1 fully saturated rings. The van der Waals surface area contributed by atoms with E-state index in [1.54, 1.807) is 28.0 Å². The van der Waals surface area contributed by atoms with Crippen molar-refractivity contribution in [2.24, 2.45) is 7.05 Å². The fourth-order valence-electron chi connectivity index (χ4n) is 3.19. The highest BCUT2D eigenvalue weighted by Crippen LogP contribution is 2.21. The number of aryl methyl sites for hydroxylation is 1. The molecule has 0 aliphatic carbocycles. The molecule has 1 aliphatic rings. The van der Waals surface area contributed by atoms with E-state index in [-0.39, 0.29) is 11.8 Å². The molecule has 2 aromatic carbocycles. The van der Waals surface area contributed by atoms with Gasteiger partial charge in [-0.1, -0.05) is 30.3 Å². The number of carbonyl (C=O) groups excluding carboxylic acids is 2. The molecule has 25 heavy (non-hydrogen) atoms. The molecule has 3 aromatic rings. The molecule has 2 heterocycles. The summed E-state index contributed by atoms with van der Waals surface area (Å²) in [5, 5.41) is 9.04. The van der Waals surface area contributed by atoms with Gasteiger partial charge in [0.25, 0.3) is 5.91 Å². The molecule has 1 atom stereocenters. The lowest BCUT2D eigenvalue weighted by atomic mass is 10.1. The van der Waals surface area contributed by atoms with Crippen molar-refractivity contribution in [1.29, 1.82) is 0 Å². The number of fused-ring (bicyclic) bond motifs is 1. The third kappa shape index (κ3) is 2.87. The summed E-state index contributed by atoms with van der Waals surface area (Å²) in [6, 6.07) is 12.9. The Morgan fingerprint density at radius 2 is 2.00 bits per heavy atom. The molecule has 0 spiro atoms. The Balaban J connectivity index is 1.49. The molecule has 1 N–H and O–H groups in total. The zero-order valence-corrected chi connectivity index (χ0v) is 13.8. The van der Waals surface area contributed by atoms with Crippen LogP contribution in [-0.2, 0) is 11.8 Å². The van der Waals surface area contributed by atoms with Crippen LogP contribution in [0.25, 0.3) is 10.8 Å². The van der Waals surface area contributed by atoms with E-state index in [0.29, 0.717) is 18.5 Å². The maximum absolute atomic E-state index is 12.6. The Hall–Kier alpha value is -3.15. The molecule has 1 saturated heterocycles. The first-order valence-corrected chi connectivity index (χ1v) is 8.21. The molecule has 6 nitrogen and oxygen atoms in total. The zero-order chi connectivity index (χ0) is 17.4. The van der Waals surface area contributed by atoms with Crippen molar-refractivity contribution in [3.8, 4) is 0 Å². The molecule has 6 heteroatoms. The maximum Gasteiger partial charge on any atom is 0.251 e. The molecule has 126 valence electrons. The van der Waals surface area contributed by atoms with Crippen molar-refractivity contribution >= 4 is 28.3 Å². The number of anilines is 1. The third-order valence-electron chi connectivity index (χ3n) is 4.53. The summed E-state index contributed by atoms with van der Waals surface area (Å²) in [5.74, 6) is -0.320. The van der Waals surface area contributed by atoms with Crippen molar-refractivity contribution in [3.63, 3.8) is 0 Å². The van der Waals surface area contributed by atoms with Crippen molar-refractivity contribution in [1.82, 2.24) is 15.1 Å². The lowest BCUT2D eigenvalue weighted by Crippen LogP contribution is -2.41. The molecular formula is C19H18N4O2. The summed E-state index contributed by atoms with van der Waals surface area (Å²) in [7, 11) is 1.81. The van der Waals surface area contributed by atoms with E-state index >= 15 is 0 Å². The number of nitrogens with one attached hydrogen (secondary N) is 1. The predicted octanol–water partition coefficient (Wildman–Crippen LogP) is 2.11. The van der Waals surface area contributed by atoms with Gasteiger partial charge in [-0.2, -0.15) is 5.10 Å². The van der Waals surface area contributed by atoms with E-state index in [4.69, 9.17) is 0 Å². The number of hydrogen-bond acceptors (Lipinski definition) is 3. The van der Waals surface area contributed by atoms with Gasteiger partial charge in [-0.05, 0) is 29.3 Å². The topological polar surface area (TPSA) is 67.2 Å². The van der Waals surface area contributed by atoms with Crippen LogP contribution in [-0.4, -0.2) is 34.2 Å². The number of aromatic nitrogens is 2. The molecule has 0 radical (unpaired) electrons. The van der Waals surface area contributed by atoms with E-state index in [9.17, 15) is 9.59 Å². The standard InChI is InChI=1S/C19H18N4O2/c1-22-12-16(11-20-22)23-9-8-17(19(23)25)21-18(24)15-7-6-13-4-2-3-5-14(13)10-15/h2-7,10-12,17H,8-9H2,1H3,(H,21,24)/t17-/m0/s1. The van der Waals surface area contributed by atoms with Crippen molar-refractivity contribution in [3.05, 3.63) is 60.4 Å². The van der Waals surface area contributed by atoms with Gasteiger partial charge in [0.2, 0.25) is 5.91 Å². The molecule has 1 aliphatic heterocycles. The van der Waals surface area contributed by atoms with E-state index in [2.05, 4.69) is 10.4 Å². The first-order chi connectivity index (χ1) is 12.1. The summed E-state index contributed by atoms with van der Waals surface area (Å²) in [5.41, 5.74) is 1.32. The quantitative estimate of drug-likeness (QED) is 0.798. The minimum atomic E-state index is -0.501. The fraction of sp³-hybridized carbons (Fsp3) is 0.211. The van der Waals surface area contributed by atoms with Crippen LogP contribution in [0.5, 0.6) is 0 Å². The summed E-state index contributed by atoms with van der Waals surface area (Å²) in [6.45, 7) is 0.577. The van der Waals surface area contributed by atoms with Crippen LogP contribution >= 0.6 is 0 Å². The molecule has 0 unspecified atom stereocenters. The number of nitrogens with zero attached hydrogens (tertiary/aromatic N) is 3. The second-order valence-electron chi connectivity index (χ2n) is 6.24. The number of benzene rings is 2. The second kappa shape index (κ2) is 6.05. The SMILES string of the molecule is Cn1cc(N2CC[C@H](NC(=O)c3ccc4ccccc4c3)C2=O)cn1. The van der Waals surface area contributed by atoms with Gasteiger partial charge in [-0.15, -0.1) is 0 Å². The number of amides is 2. The highest BCUT2D eigenvalue weighted by molar-refractivity contribution is 6.04. The average Bonchev–Trinajstić information content (AvgIpc) is 3.20. The van der Waals surface area contributed by atoms with Crippen LogP contribution in [0.15, 0.2) is 54.9 Å². The van der Waals surface area contributed by atoms with Gasteiger partial charge in [0.1, 0.15) is 6.04 Å². The molecule has 0 bridgehead atoms. The Morgan fingerprint density at radius 3 is 2.76 bits per heavy atom. The number of hydrogen-bond donors (Lipinski definition) is 1. The summed E-state index contributed by atoms with van der Waals surface area (Å²) in [4.78, 5) is 26.8. The Morgan fingerprint density at radius 1 is 1.20 bits per heavy atom. The van der Waals surface area contributed by atoms with E-state index in [0.717, 1.165) is 16.5 Å². The fourth-order valence-corrected chi connectivity index (χ4v) is 3.19. The van der Waals surface area contributed by atoms with Gasteiger partial charge in [0.15, 0.2) is 0 Å². The number of carbonyl (C=O) groups is 2. The minimum Gasteiger partial charge on any atom is -0.340 e. The highest BCUT2D eigenvalue weighted by Gasteiger charge is 2.34. The Bertz CT molecular complexity index is 963. The van der Waals surface area contributed by atoms with Gasteiger partial charge >= 0.3 is 0 Å². The van der Waals surface area contributed by atoms with E-state index < -0.39 is 6.04 Å². The summed E-state index contributed by atoms with van der Waals surface area (Å²) in [6.07, 6.45) is 4.05. The van der Waals surface area contributed by atoms with Crippen molar-refractivity contribution in [2.45, 2.75) is 12.5 Å². The van der Waals surface area contributed by atoms with Crippen LogP contribution in [0, 0.1) is 0 Å². The third-order valence-corrected chi connectivity index (χ3v) is 4.53. The summed E-state index contributed by atoms with van der Waals surface area (Å²) < 4.78 is 1.66. The molecule has 4 rings (SSSR count). The average molecular weight is 334 g/mol. The first kappa shape index (κ1) is 15.4. The van der Waals surface area contributed by atoms with Crippen LogP contribution in [0.1, 0.15) is 16.8 Å². The van der Waals surface area contributed by atoms with Gasteiger partial charge in [-0.25, -0.2) is 0 Å². The minimum absolute atomic E-state index is 0.0952. The first-order valence-electron chi connectivity index (χ1n) is 8.21. The molecule has 1 aromatic heterocycles. The number of rotatable bonds is 3. The smallest absolute Gasteiger partial charge is 0.251 e. The lowest BCUT2D eigenvalue weighted by Gasteiger charge is -2.15. The largest absolute Gasteiger partial charge is 0.340 e. The zero-order valence-electron chi connectivity index (χ0n) is 13.8. The normalized spacial score (nSPS) is 17.2. The van der Waals surface area contributed by atoms with Crippen LogP contribution in [0.4, 0.5) is 5.69 Å². The molecule has 0 saturated carbocycles. The Labute approximate surface area is 145 Å². The monoisotopic (exact) mass is 334 g/mol. The van der Waals surface area contributed by atoms with Crippen molar-refractivity contribution in [2.75, 3.05) is 11.4 Å². The van der Waals surface area contributed by atoms with Gasteiger partial charge < -0.3 is 10.2 Å². The van der Waals surface area contributed by atoms with Gasteiger partial charge in [-0.3, -0.25) is 14.3 Å². The predicted molar refractivity (Wildman–Crippen MR) is 95.4 cm³/mol.